The van der Waals surface area contributed by atoms with Crippen molar-refractivity contribution in [2.45, 2.75) is 26.7 Å². The van der Waals surface area contributed by atoms with Gasteiger partial charge in [0.15, 0.2) is 0 Å². The van der Waals surface area contributed by atoms with Gasteiger partial charge in [-0.1, -0.05) is 19.9 Å². The van der Waals surface area contributed by atoms with E-state index in [2.05, 4.69) is 0 Å². The zero-order valence-corrected chi connectivity index (χ0v) is 6.09. The fourth-order valence-corrected chi connectivity index (χ4v) is 0.516. The van der Waals surface area contributed by atoms with Crippen molar-refractivity contribution >= 4 is 0 Å². The molecule has 0 aliphatic carbocycles. The van der Waals surface area contributed by atoms with Crippen LogP contribution in [0.2, 0.25) is 0 Å². The molecule has 1 nitrogen and oxygen atoms in total. The quantitative estimate of drug-likeness (QED) is 0.455. The van der Waals surface area contributed by atoms with Crippen LogP contribution in [-0.4, -0.2) is 5.11 Å². The maximum absolute atomic E-state index is 8.95. The predicted molar refractivity (Wildman–Crippen MR) is 40.4 cm³/mol. The predicted octanol–water partition coefficient (Wildman–Crippen LogP) is 2.80. The number of aliphatic hydroxyl groups excluding tert-OH is 1. The third kappa shape index (κ3) is 5.15. The van der Waals surface area contributed by atoms with E-state index in [0.717, 1.165) is 12.8 Å². The van der Waals surface area contributed by atoms with E-state index in [0.29, 0.717) is 5.76 Å². The minimum atomic E-state index is 0.374. The molecule has 0 aromatic heterocycles. The average Bonchev–Trinajstić information content (AvgIpc) is 1.85. The van der Waals surface area contributed by atoms with Crippen LogP contribution >= 0.6 is 0 Å². The van der Waals surface area contributed by atoms with Gasteiger partial charge >= 0.3 is 0 Å². The number of allylic oxidation sites excluding steroid dienone is 3. The molecule has 0 spiro atoms. The molecule has 0 saturated heterocycles. The normalized spacial score (nSPS) is 12.9. The van der Waals surface area contributed by atoms with Gasteiger partial charge in [0.1, 0.15) is 5.76 Å². The van der Waals surface area contributed by atoms with E-state index in [9.17, 15) is 0 Å². The molecule has 0 unspecified atom stereocenters. The van der Waals surface area contributed by atoms with Crippen LogP contribution in [-0.2, 0) is 0 Å². The monoisotopic (exact) mass is 126 g/mol. The fraction of sp³-hybridized carbons (Fsp3) is 0.500. The van der Waals surface area contributed by atoms with Crippen LogP contribution < -0.4 is 0 Å². The molecule has 0 aliphatic rings. The van der Waals surface area contributed by atoms with Crippen LogP contribution in [0.25, 0.3) is 0 Å². The van der Waals surface area contributed by atoms with Crippen molar-refractivity contribution in [2.75, 3.05) is 0 Å². The molecule has 0 aromatic carbocycles. The Morgan fingerprint density at radius 2 is 2.00 bits per heavy atom. The highest BCUT2D eigenvalue weighted by atomic mass is 16.3. The molecular weight excluding hydrogens is 112 g/mol. The van der Waals surface area contributed by atoms with E-state index in [4.69, 9.17) is 5.11 Å². The molecule has 0 rings (SSSR count). The Morgan fingerprint density at radius 3 is 2.44 bits per heavy atom. The highest BCUT2D eigenvalue weighted by Gasteiger charge is 1.78. The van der Waals surface area contributed by atoms with Gasteiger partial charge in [-0.25, -0.2) is 0 Å². The largest absolute Gasteiger partial charge is 0.508 e. The van der Waals surface area contributed by atoms with E-state index in [-0.39, 0.29) is 0 Å². The summed E-state index contributed by atoms with van der Waals surface area (Å²) >= 11 is 0. The molecule has 9 heavy (non-hydrogen) atoms. The van der Waals surface area contributed by atoms with Crippen molar-refractivity contribution in [3.63, 3.8) is 0 Å². The Kier molecular flexibility index (Phi) is 4.98. The molecule has 0 amide bonds. The minimum absolute atomic E-state index is 0.374. The summed E-state index contributed by atoms with van der Waals surface area (Å²) in [6.45, 7) is 4.03. The van der Waals surface area contributed by atoms with Crippen LogP contribution in [0.4, 0.5) is 0 Å². The summed E-state index contributed by atoms with van der Waals surface area (Å²) in [4.78, 5) is 0. The summed E-state index contributed by atoms with van der Waals surface area (Å²) < 4.78 is 0. The topological polar surface area (TPSA) is 20.2 Å². The Bertz CT molecular complexity index is 112. The van der Waals surface area contributed by atoms with Gasteiger partial charge in [0.2, 0.25) is 0 Å². The van der Waals surface area contributed by atoms with Gasteiger partial charge in [0, 0.05) is 0 Å². The zero-order chi connectivity index (χ0) is 7.11. The van der Waals surface area contributed by atoms with Crippen LogP contribution in [0.3, 0.4) is 0 Å². The van der Waals surface area contributed by atoms with E-state index < -0.39 is 0 Å². The first-order valence-electron chi connectivity index (χ1n) is 3.37. The van der Waals surface area contributed by atoms with E-state index in [1.165, 1.54) is 0 Å². The van der Waals surface area contributed by atoms with E-state index >= 15 is 0 Å². The van der Waals surface area contributed by atoms with Crippen molar-refractivity contribution in [1.82, 2.24) is 0 Å². The van der Waals surface area contributed by atoms with Crippen molar-refractivity contribution in [2.24, 2.45) is 0 Å². The highest BCUT2D eigenvalue weighted by molar-refractivity contribution is 5.09. The lowest BCUT2D eigenvalue weighted by molar-refractivity contribution is 0.429. The molecule has 0 aromatic rings. The van der Waals surface area contributed by atoms with E-state index in [1.54, 1.807) is 12.2 Å². The average molecular weight is 126 g/mol. The molecule has 0 saturated carbocycles. The Morgan fingerprint density at radius 1 is 1.33 bits per heavy atom. The van der Waals surface area contributed by atoms with Crippen LogP contribution in [0.5, 0.6) is 0 Å². The Labute approximate surface area is 56.7 Å². The Hall–Kier alpha value is -0.720. The van der Waals surface area contributed by atoms with Gasteiger partial charge < -0.3 is 5.11 Å². The Balaban J connectivity index is 3.60. The molecule has 0 atom stereocenters. The molecular formula is C8H14O. The lowest BCUT2D eigenvalue weighted by Crippen LogP contribution is -1.71. The highest BCUT2D eigenvalue weighted by Crippen LogP contribution is 1.93. The molecule has 0 aliphatic heterocycles. The van der Waals surface area contributed by atoms with Gasteiger partial charge in [-0.3, -0.25) is 0 Å². The summed E-state index contributed by atoms with van der Waals surface area (Å²) in [5, 5.41) is 8.95. The third-order valence-corrected chi connectivity index (χ3v) is 0.938. The smallest absolute Gasteiger partial charge is 0.111 e. The number of hydrogen-bond donors (Lipinski definition) is 1. The zero-order valence-electron chi connectivity index (χ0n) is 6.09. The van der Waals surface area contributed by atoms with Crippen molar-refractivity contribution in [3.8, 4) is 0 Å². The summed E-state index contributed by atoms with van der Waals surface area (Å²) in [6, 6.07) is 0. The van der Waals surface area contributed by atoms with E-state index in [1.807, 2.05) is 19.9 Å². The lowest BCUT2D eigenvalue weighted by Gasteiger charge is -1.86. The molecule has 0 fully saturated rings. The first-order valence-corrected chi connectivity index (χ1v) is 3.37. The molecule has 0 radical (unpaired) electrons. The van der Waals surface area contributed by atoms with Crippen LogP contribution in [0.1, 0.15) is 26.7 Å². The lowest BCUT2D eigenvalue weighted by atomic mass is 10.3. The summed E-state index contributed by atoms with van der Waals surface area (Å²) in [6.07, 6.45) is 7.30. The summed E-state index contributed by atoms with van der Waals surface area (Å²) in [7, 11) is 0. The number of rotatable bonds is 3. The second kappa shape index (κ2) is 5.42. The standard InChI is InChI=1S/C8H14O/c1-3-5-7-8(9)6-4-2/h5-7,9H,3-4H2,1-2H3/b7-5-,8-6+. The molecule has 1 heteroatoms. The summed E-state index contributed by atoms with van der Waals surface area (Å²) in [5.74, 6) is 0.374. The van der Waals surface area contributed by atoms with Gasteiger partial charge in [-0.15, -0.1) is 0 Å². The fourth-order valence-electron chi connectivity index (χ4n) is 0.516. The number of hydrogen-bond acceptors (Lipinski definition) is 1. The number of aliphatic hydroxyl groups is 1. The first kappa shape index (κ1) is 8.28. The maximum Gasteiger partial charge on any atom is 0.111 e. The van der Waals surface area contributed by atoms with Gasteiger partial charge in [0.25, 0.3) is 0 Å². The van der Waals surface area contributed by atoms with Gasteiger partial charge in [-0.2, -0.15) is 0 Å². The van der Waals surface area contributed by atoms with Crippen molar-refractivity contribution < 1.29 is 5.11 Å². The molecule has 0 bridgehead atoms. The minimum Gasteiger partial charge on any atom is -0.508 e. The van der Waals surface area contributed by atoms with Gasteiger partial charge in [0.05, 0.1) is 0 Å². The van der Waals surface area contributed by atoms with Crippen molar-refractivity contribution in [3.05, 3.63) is 24.0 Å². The SMILES string of the molecule is CC/C=C\C(O)=C/CC. The molecule has 52 valence electrons. The summed E-state index contributed by atoms with van der Waals surface area (Å²) in [5.41, 5.74) is 0. The van der Waals surface area contributed by atoms with Crippen LogP contribution in [0.15, 0.2) is 24.0 Å². The molecule has 1 N–H and O–H groups in total. The van der Waals surface area contributed by atoms with Crippen LogP contribution in [0, 0.1) is 0 Å². The maximum atomic E-state index is 8.95. The second-order valence-electron chi connectivity index (χ2n) is 1.85. The third-order valence-electron chi connectivity index (χ3n) is 0.938. The van der Waals surface area contributed by atoms with Crippen molar-refractivity contribution in [1.29, 1.82) is 0 Å². The molecule has 0 heterocycles. The van der Waals surface area contributed by atoms with Gasteiger partial charge in [-0.05, 0) is 25.0 Å². The second-order valence-corrected chi connectivity index (χ2v) is 1.85. The first-order chi connectivity index (χ1) is 4.31.